The number of rotatable bonds is 3. The Morgan fingerprint density at radius 1 is 1.19 bits per heavy atom. The molecule has 0 spiro atoms. The summed E-state index contributed by atoms with van der Waals surface area (Å²) >= 11 is 6.23. The van der Waals surface area contributed by atoms with Crippen molar-refractivity contribution in [2.24, 2.45) is 5.92 Å². The van der Waals surface area contributed by atoms with Crippen LogP contribution in [-0.4, -0.2) is 28.8 Å². The highest BCUT2D eigenvalue weighted by Gasteiger charge is 2.42. The van der Waals surface area contributed by atoms with E-state index in [4.69, 9.17) is 11.6 Å². The van der Waals surface area contributed by atoms with E-state index in [-0.39, 0.29) is 23.8 Å². The fourth-order valence-corrected chi connectivity index (χ4v) is 3.05. The molecule has 0 radical (unpaired) electrons. The Kier molecular flexibility index (Phi) is 4.57. The Morgan fingerprint density at radius 2 is 1.81 bits per heavy atom. The lowest BCUT2D eigenvalue weighted by atomic mass is 9.95. The lowest BCUT2D eigenvalue weighted by molar-refractivity contribution is -0.152. The van der Waals surface area contributed by atoms with Crippen molar-refractivity contribution in [2.45, 2.75) is 45.8 Å². The van der Waals surface area contributed by atoms with Crippen LogP contribution in [-0.2, 0) is 9.59 Å². The van der Waals surface area contributed by atoms with Gasteiger partial charge in [0.15, 0.2) is 0 Å². The van der Waals surface area contributed by atoms with Crippen LogP contribution in [0.4, 0.5) is 0 Å². The van der Waals surface area contributed by atoms with Gasteiger partial charge in [0.25, 0.3) is 0 Å². The van der Waals surface area contributed by atoms with Crippen molar-refractivity contribution in [3.63, 3.8) is 0 Å². The number of hydrogen-bond donors (Lipinski definition) is 1. The molecule has 0 saturated carbocycles. The molecule has 1 aromatic carbocycles. The minimum Gasteiger partial charge on any atom is -0.342 e. The van der Waals surface area contributed by atoms with E-state index in [1.165, 1.54) is 0 Å². The summed E-state index contributed by atoms with van der Waals surface area (Å²) in [6.07, 6.45) is 0. The van der Waals surface area contributed by atoms with Crippen molar-refractivity contribution in [3.05, 3.63) is 34.9 Å². The van der Waals surface area contributed by atoms with E-state index in [9.17, 15) is 9.59 Å². The fourth-order valence-electron chi connectivity index (χ4n) is 2.76. The molecule has 1 N–H and O–H groups in total. The zero-order chi connectivity index (χ0) is 15.7. The molecule has 3 atom stereocenters. The Hall–Kier alpha value is -1.55. The molecular weight excluding hydrogens is 288 g/mol. The van der Waals surface area contributed by atoms with Crippen molar-refractivity contribution in [1.82, 2.24) is 10.2 Å². The van der Waals surface area contributed by atoms with Gasteiger partial charge in [-0.15, -0.1) is 0 Å². The monoisotopic (exact) mass is 308 g/mol. The van der Waals surface area contributed by atoms with Gasteiger partial charge in [0.05, 0.1) is 6.04 Å². The molecule has 1 aromatic rings. The highest BCUT2D eigenvalue weighted by Crippen LogP contribution is 2.31. The topological polar surface area (TPSA) is 49.4 Å². The first-order chi connectivity index (χ1) is 9.84. The van der Waals surface area contributed by atoms with Crippen molar-refractivity contribution < 1.29 is 9.59 Å². The molecule has 3 unspecified atom stereocenters. The maximum absolute atomic E-state index is 12.7. The Morgan fingerprint density at radius 3 is 2.38 bits per heavy atom. The van der Waals surface area contributed by atoms with E-state index in [0.29, 0.717) is 5.02 Å². The number of piperazine rings is 1. The third-order valence-corrected chi connectivity index (χ3v) is 4.40. The second-order valence-electron chi connectivity index (χ2n) is 5.85. The van der Waals surface area contributed by atoms with Crippen molar-refractivity contribution >= 4 is 23.4 Å². The molecule has 1 fully saturated rings. The predicted molar refractivity (Wildman–Crippen MR) is 82.9 cm³/mol. The van der Waals surface area contributed by atoms with Gasteiger partial charge in [-0.2, -0.15) is 0 Å². The van der Waals surface area contributed by atoms with Crippen LogP contribution in [0.1, 0.15) is 39.3 Å². The van der Waals surface area contributed by atoms with Gasteiger partial charge in [0, 0.05) is 5.02 Å². The van der Waals surface area contributed by atoms with Crippen LogP contribution >= 0.6 is 11.6 Å². The van der Waals surface area contributed by atoms with E-state index in [0.717, 1.165) is 5.56 Å². The molecule has 5 heteroatoms. The van der Waals surface area contributed by atoms with Crippen LogP contribution in [0.3, 0.4) is 0 Å². The van der Waals surface area contributed by atoms with Gasteiger partial charge < -0.3 is 10.2 Å². The fraction of sp³-hybridized carbons (Fsp3) is 0.500. The highest BCUT2D eigenvalue weighted by molar-refractivity contribution is 6.31. The summed E-state index contributed by atoms with van der Waals surface area (Å²) in [7, 11) is 0. The average molecular weight is 309 g/mol. The molecule has 114 valence electrons. The Bertz CT molecular complexity index is 559. The molecule has 1 saturated heterocycles. The van der Waals surface area contributed by atoms with E-state index in [1.807, 2.05) is 39.0 Å². The number of benzene rings is 1. The molecule has 0 aliphatic carbocycles. The third-order valence-electron chi connectivity index (χ3n) is 4.05. The molecule has 21 heavy (non-hydrogen) atoms. The van der Waals surface area contributed by atoms with E-state index < -0.39 is 12.1 Å². The van der Waals surface area contributed by atoms with Crippen LogP contribution in [0.5, 0.6) is 0 Å². The van der Waals surface area contributed by atoms with Gasteiger partial charge in [-0.05, 0) is 31.4 Å². The summed E-state index contributed by atoms with van der Waals surface area (Å²) < 4.78 is 0. The molecule has 4 nitrogen and oxygen atoms in total. The summed E-state index contributed by atoms with van der Waals surface area (Å²) in [5.74, 6) is -0.119. The SMILES string of the molecule is CC(C)C1NC(=O)C(C)N(C(C)c2ccccc2Cl)C1=O. The minimum absolute atomic E-state index is 0.0508. The van der Waals surface area contributed by atoms with Gasteiger partial charge >= 0.3 is 0 Å². The molecule has 1 aliphatic heterocycles. The van der Waals surface area contributed by atoms with Crippen LogP contribution in [0.2, 0.25) is 5.02 Å². The molecular formula is C16H21ClN2O2. The molecule has 1 aliphatic rings. The lowest BCUT2D eigenvalue weighted by Gasteiger charge is -2.42. The Balaban J connectivity index is 2.37. The lowest BCUT2D eigenvalue weighted by Crippen LogP contribution is -2.64. The maximum atomic E-state index is 12.7. The predicted octanol–water partition coefficient (Wildman–Crippen LogP) is 2.77. The van der Waals surface area contributed by atoms with Gasteiger partial charge in [0.1, 0.15) is 12.1 Å². The second kappa shape index (κ2) is 6.06. The average Bonchev–Trinajstić information content (AvgIpc) is 2.43. The third kappa shape index (κ3) is 2.91. The number of carbonyl (C=O) groups is 2. The quantitative estimate of drug-likeness (QED) is 0.933. The zero-order valence-corrected chi connectivity index (χ0v) is 13.5. The first kappa shape index (κ1) is 15.8. The van der Waals surface area contributed by atoms with E-state index in [1.54, 1.807) is 17.9 Å². The van der Waals surface area contributed by atoms with Crippen LogP contribution in [0.25, 0.3) is 0 Å². The van der Waals surface area contributed by atoms with Gasteiger partial charge in [-0.25, -0.2) is 0 Å². The summed E-state index contributed by atoms with van der Waals surface area (Å²) in [5.41, 5.74) is 0.858. The van der Waals surface area contributed by atoms with Crippen molar-refractivity contribution in [1.29, 1.82) is 0 Å². The number of nitrogens with one attached hydrogen (secondary N) is 1. The number of halogens is 1. The van der Waals surface area contributed by atoms with Crippen LogP contribution in [0.15, 0.2) is 24.3 Å². The van der Waals surface area contributed by atoms with Crippen molar-refractivity contribution in [3.8, 4) is 0 Å². The largest absolute Gasteiger partial charge is 0.342 e. The van der Waals surface area contributed by atoms with E-state index >= 15 is 0 Å². The molecule has 1 heterocycles. The summed E-state index contributed by atoms with van der Waals surface area (Å²) in [6.45, 7) is 7.51. The number of amides is 2. The summed E-state index contributed by atoms with van der Waals surface area (Å²) in [4.78, 5) is 26.5. The number of nitrogens with zero attached hydrogens (tertiary/aromatic N) is 1. The smallest absolute Gasteiger partial charge is 0.246 e. The van der Waals surface area contributed by atoms with E-state index in [2.05, 4.69) is 5.32 Å². The number of carbonyl (C=O) groups excluding carboxylic acids is 2. The summed E-state index contributed by atoms with van der Waals surface area (Å²) in [5, 5.41) is 3.41. The Labute approximate surface area is 130 Å². The van der Waals surface area contributed by atoms with Gasteiger partial charge in [-0.3, -0.25) is 9.59 Å². The first-order valence-corrected chi connectivity index (χ1v) is 7.59. The molecule has 0 bridgehead atoms. The molecule has 2 amide bonds. The molecule has 0 aromatic heterocycles. The minimum atomic E-state index is -0.501. The standard InChI is InChI=1S/C16H21ClN2O2/c1-9(2)14-16(21)19(11(4)15(20)18-14)10(3)12-7-5-6-8-13(12)17/h5-11,14H,1-4H3,(H,18,20). The second-order valence-corrected chi connectivity index (χ2v) is 6.26. The molecule has 2 rings (SSSR count). The normalized spacial score (nSPS) is 24.2. The number of hydrogen-bond acceptors (Lipinski definition) is 2. The maximum Gasteiger partial charge on any atom is 0.246 e. The first-order valence-electron chi connectivity index (χ1n) is 7.21. The zero-order valence-electron chi connectivity index (χ0n) is 12.8. The van der Waals surface area contributed by atoms with Crippen LogP contribution < -0.4 is 5.32 Å². The van der Waals surface area contributed by atoms with Crippen LogP contribution in [0, 0.1) is 5.92 Å². The van der Waals surface area contributed by atoms with Crippen molar-refractivity contribution in [2.75, 3.05) is 0 Å². The van der Waals surface area contributed by atoms with Gasteiger partial charge in [-0.1, -0.05) is 43.6 Å². The van der Waals surface area contributed by atoms with Gasteiger partial charge in [0.2, 0.25) is 11.8 Å². The summed E-state index contributed by atoms with van der Waals surface area (Å²) in [6, 6.07) is 6.21. The highest BCUT2D eigenvalue weighted by atomic mass is 35.5.